The number of phenols is 1. The fraction of sp³-hybridized carbons (Fsp3) is 0.316. The van der Waals surface area contributed by atoms with Crippen LogP contribution in [0.4, 0.5) is 11.4 Å². The summed E-state index contributed by atoms with van der Waals surface area (Å²) in [5.41, 5.74) is 7.27. The largest absolute Gasteiger partial charge is 0.508 e. The van der Waals surface area contributed by atoms with E-state index in [1.54, 1.807) is 0 Å². The van der Waals surface area contributed by atoms with Crippen molar-refractivity contribution in [2.75, 3.05) is 5.73 Å². The van der Waals surface area contributed by atoms with E-state index in [0.29, 0.717) is 11.3 Å². The van der Waals surface area contributed by atoms with Crippen molar-refractivity contribution in [3.63, 3.8) is 0 Å². The van der Waals surface area contributed by atoms with Gasteiger partial charge in [0, 0.05) is 11.6 Å². The van der Waals surface area contributed by atoms with Crippen LogP contribution in [-0.4, -0.2) is 28.6 Å². The topological polar surface area (TPSA) is 77.1 Å². The summed E-state index contributed by atoms with van der Waals surface area (Å²) in [5, 5.41) is 10.0. The van der Waals surface area contributed by atoms with E-state index in [1.165, 1.54) is 12.1 Å². The lowest BCUT2D eigenvalue weighted by Crippen LogP contribution is -2.41. The molecule has 27 heavy (non-hydrogen) atoms. The number of aromatic hydroxyl groups is 1. The zero-order chi connectivity index (χ0) is 20.0. The lowest BCUT2D eigenvalue weighted by atomic mass is 9.79. The number of nitrogens with two attached hydrogens (primary N) is 1. The van der Waals surface area contributed by atoms with Crippen LogP contribution in [0.15, 0.2) is 41.4 Å². The van der Waals surface area contributed by atoms with Crippen molar-refractivity contribution >= 4 is 52.3 Å². The van der Waals surface area contributed by atoms with E-state index in [-0.39, 0.29) is 21.6 Å². The molecule has 0 amide bonds. The van der Waals surface area contributed by atoms with Gasteiger partial charge in [0.25, 0.3) is 0 Å². The zero-order valence-electron chi connectivity index (χ0n) is 15.6. The van der Waals surface area contributed by atoms with E-state index in [4.69, 9.17) is 38.2 Å². The Hall–Kier alpha value is -1.73. The standard InChI is InChI=1S/C19H21BCl2N2O3/c1-18(2)19(3,4)27-20(26-18)11-5-7-12(8-6-11)24-17(22)14-9-13(25)10-15(21)16(14)23/h5-10,25H,23H2,1-4H3. The Morgan fingerprint density at radius 2 is 1.63 bits per heavy atom. The molecule has 1 aliphatic heterocycles. The summed E-state index contributed by atoms with van der Waals surface area (Å²) in [4.78, 5) is 4.35. The van der Waals surface area contributed by atoms with Crippen LogP contribution >= 0.6 is 23.2 Å². The van der Waals surface area contributed by atoms with E-state index in [0.717, 1.165) is 5.46 Å². The molecule has 0 saturated carbocycles. The first kappa shape index (κ1) is 20.0. The monoisotopic (exact) mass is 406 g/mol. The Morgan fingerprint density at radius 3 is 2.19 bits per heavy atom. The first-order valence-electron chi connectivity index (χ1n) is 8.48. The number of nitrogen functional groups attached to an aromatic ring is 1. The van der Waals surface area contributed by atoms with E-state index < -0.39 is 18.3 Å². The van der Waals surface area contributed by atoms with Crippen molar-refractivity contribution in [2.45, 2.75) is 38.9 Å². The molecule has 0 spiro atoms. The number of hydrogen-bond acceptors (Lipinski definition) is 5. The number of benzene rings is 2. The summed E-state index contributed by atoms with van der Waals surface area (Å²) in [6.07, 6.45) is 0. The second kappa shape index (κ2) is 7.02. The van der Waals surface area contributed by atoms with Gasteiger partial charge < -0.3 is 20.1 Å². The fourth-order valence-electron chi connectivity index (χ4n) is 2.63. The number of nitrogens with zero attached hydrogens (tertiary/aromatic N) is 1. The molecule has 1 saturated heterocycles. The Labute approximate surface area is 169 Å². The molecule has 1 fully saturated rings. The number of aliphatic imine (C=N–C) groups is 1. The van der Waals surface area contributed by atoms with Gasteiger partial charge in [0.15, 0.2) is 0 Å². The van der Waals surface area contributed by atoms with Gasteiger partial charge in [0.05, 0.1) is 27.6 Å². The summed E-state index contributed by atoms with van der Waals surface area (Å²) in [5.74, 6) is -0.0336. The highest BCUT2D eigenvalue weighted by Gasteiger charge is 2.51. The second-order valence-electron chi connectivity index (χ2n) is 7.47. The van der Waals surface area contributed by atoms with E-state index in [9.17, 15) is 5.11 Å². The highest BCUT2D eigenvalue weighted by Crippen LogP contribution is 2.36. The molecule has 1 aliphatic rings. The number of phenolic OH excluding ortho intramolecular Hbond substituents is 1. The molecule has 142 valence electrons. The number of rotatable bonds is 3. The molecule has 0 aromatic heterocycles. The predicted octanol–water partition coefficient (Wildman–Crippen LogP) is 4.24. The first-order valence-corrected chi connectivity index (χ1v) is 9.24. The lowest BCUT2D eigenvalue weighted by Gasteiger charge is -2.32. The third kappa shape index (κ3) is 3.94. The van der Waals surface area contributed by atoms with Crippen LogP contribution in [0.3, 0.4) is 0 Å². The maximum Gasteiger partial charge on any atom is 0.494 e. The molecule has 0 atom stereocenters. The molecular formula is C19H21BCl2N2O3. The van der Waals surface area contributed by atoms with Crippen LogP contribution in [0.1, 0.15) is 33.3 Å². The summed E-state index contributed by atoms with van der Waals surface area (Å²) in [6.45, 7) is 8.04. The normalized spacial score (nSPS) is 18.7. The van der Waals surface area contributed by atoms with E-state index in [2.05, 4.69) is 4.99 Å². The molecule has 3 rings (SSSR count). The van der Waals surface area contributed by atoms with Gasteiger partial charge in [-0.25, -0.2) is 4.99 Å². The number of halogens is 2. The number of hydrogen-bond donors (Lipinski definition) is 2. The van der Waals surface area contributed by atoms with Gasteiger partial charge in [-0.3, -0.25) is 0 Å². The Kier molecular flexibility index (Phi) is 5.21. The van der Waals surface area contributed by atoms with Crippen molar-refractivity contribution in [1.82, 2.24) is 0 Å². The van der Waals surface area contributed by atoms with Crippen LogP contribution in [0.2, 0.25) is 5.02 Å². The third-order valence-corrected chi connectivity index (χ3v) is 5.58. The Balaban J connectivity index is 1.83. The van der Waals surface area contributed by atoms with Crippen LogP contribution < -0.4 is 11.2 Å². The molecular weight excluding hydrogens is 386 g/mol. The third-order valence-electron chi connectivity index (χ3n) is 4.98. The van der Waals surface area contributed by atoms with Gasteiger partial charge in [-0.1, -0.05) is 35.3 Å². The number of anilines is 1. The molecule has 8 heteroatoms. The molecule has 1 heterocycles. The molecule has 5 nitrogen and oxygen atoms in total. The predicted molar refractivity (Wildman–Crippen MR) is 112 cm³/mol. The summed E-state index contributed by atoms with van der Waals surface area (Å²) >= 11 is 12.3. The van der Waals surface area contributed by atoms with Gasteiger partial charge in [-0.15, -0.1) is 0 Å². The molecule has 0 bridgehead atoms. The Morgan fingerprint density at radius 1 is 1.07 bits per heavy atom. The van der Waals surface area contributed by atoms with Crippen molar-refractivity contribution in [2.24, 2.45) is 4.99 Å². The van der Waals surface area contributed by atoms with Crippen LogP contribution in [0.25, 0.3) is 0 Å². The van der Waals surface area contributed by atoms with Crippen molar-refractivity contribution in [3.05, 3.63) is 47.0 Å². The average molecular weight is 407 g/mol. The lowest BCUT2D eigenvalue weighted by molar-refractivity contribution is 0.00578. The minimum atomic E-state index is -0.441. The molecule has 3 N–H and O–H groups in total. The van der Waals surface area contributed by atoms with Crippen LogP contribution in [0, 0.1) is 0 Å². The molecule has 2 aromatic rings. The van der Waals surface area contributed by atoms with E-state index >= 15 is 0 Å². The van der Waals surface area contributed by atoms with Crippen molar-refractivity contribution in [1.29, 1.82) is 0 Å². The summed E-state index contributed by atoms with van der Waals surface area (Å²) < 4.78 is 12.1. The highest BCUT2D eigenvalue weighted by molar-refractivity contribution is 6.70. The summed E-state index contributed by atoms with van der Waals surface area (Å²) in [7, 11) is -0.441. The summed E-state index contributed by atoms with van der Waals surface area (Å²) in [6, 6.07) is 10.1. The maximum atomic E-state index is 9.69. The molecule has 0 radical (unpaired) electrons. The van der Waals surface area contributed by atoms with Crippen LogP contribution in [-0.2, 0) is 9.31 Å². The Bertz CT molecular complexity index is 883. The first-order chi connectivity index (χ1) is 12.5. The smallest absolute Gasteiger partial charge is 0.494 e. The molecule has 0 aliphatic carbocycles. The molecule has 2 aromatic carbocycles. The SMILES string of the molecule is CC1(C)OB(c2ccc(N=C(Cl)c3cc(O)cc(Cl)c3N)cc2)OC1(C)C. The maximum absolute atomic E-state index is 9.69. The van der Waals surface area contributed by atoms with Gasteiger partial charge in [0.2, 0.25) is 0 Å². The quantitative estimate of drug-likeness (QED) is 0.345. The minimum absolute atomic E-state index is 0.0336. The van der Waals surface area contributed by atoms with Crippen molar-refractivity contribution < 1.29 is 14.4 Å². The minimum Gasteiger partial charge on any atom is -0.508 e. The van der Waals surface area contributed by atoms with E-state index in [1.807, 2.05) is 52.0 Å². The van der Waals surface area contributed by atoms with Crippen LogP contribution in [0.5, 0.6) is 5.75 Å². The van der Waals surface area contributed by atoms with Crippen molar-refractivity contribution in [3.8, 4) is 5.75 Å². The molecule has 0 unspecified atom stereocenters. The van der Waals surface area contributed by atoms with Gasteiger partial charge in [-0.2, -0.15) is 0 Å². The highest BCUT2D eigenvalue weighted by atomic mass is 35.5. The van der Waals surface area contributed by atoms with Gasteiger partial charge in [-0.05, 0) is 51.4 Å². The fourth-order valence-corrected chi connectivity index (χ4v) is 3.10. The van der Waals surface area contributed by atoms with Gasteiger partial charge in [0.1, 0.15) is 10.9 Å². The zero-order valence-corrected chi connectivity index (χ0v) is 17.1. The van der Waals surface area contributed by atoms with Gasteiger partial charge >= 0.3 is 7.12 Å². The second-order valence-corrected chi connectivity index (χ2v) is 8.24. The average Bonchev–Trinajstić information content (AvgIpc) is 2.79.